The predicted molar refractivity (Wildman–Crippen MR) is 110 cm³/mol. The molecule has 4 rings (SSSR count). The second-order valence-corrected chi connectivity index (χ2v) is 7.41. The average molecular weight is 423 g/mol. The molecule has 2 aliphatic heterocycles. The summed E-state index contributed by atoms with van der Waals surface area (Å²) in [7, 11) is 1.71. The third-order valence-corrected chi connectivity index (χ3v) is 5.13. The number of nitrogens with zero attached hydrogens (tertiary/aromatic N) is 3. The molecule has 0 radical (unpaired) electrons. The van der Waals surface area contributed by atoms with Gasteiger partial charge >= 0.3 is 6.03 Å². The highest BCUT2D eigenvalue weighted by atomic mass is 19.1. The number of hydrazine groups is 1. The minimum absolute atomic E-state index is 0.0186. The molecular formula is C22H22FN5O3. The summed E-state index contributed by atoms with van der Waals surface area (Å²) in [5.41, 5.74) is 4.94. The van der Waals surface area contributed by atoms with E-state index in [9.17, 15) is 18.8 Å². The lowest BCUT2D eigenvalue weighted by Gasteiger charge is -2.37. The van der Waals surface area contributed by atoms with Crippen molar-refractivity contribution >= 4 is 17.8 Å². The number of amides is 4. The van der Waals surface area contributed by atoms with Crippen molar-refractivity contribution in [1.29, 1.82) is 0 Å². The Kier molecular flexibility index (Phi) is 5.68. The van der Waals surface area contributed by atoms with Gasteiger partial charge in [-0.1, -0.05) is 42.5 Å². The summed E-state index contributed by atoms with van der Waals surface area (Å²) >= 11 is 0. The molecule has 0 spiro atoms. The lowest BCUT2D eigenvalue weighted by molar-refractivity contribution is -0.134. The van der Waals surface area contributed by atoms with Crippen LogP contribution >= 0.6 is 0 Å². The van der Waals surface area contributed by atoms with E-state index in [4.69, 9.17) is 0 Å². The first-order valence-electron chi connectivity index (χ1n) is 9.81. The summed E-state index contributed by atoms with van der Waals surface area (Å²) in [6.07, 6.45) is 1.63. The van der Waals surface area contributed by atoms with Gasteiger partial charge in [0.15, 0.2) is 0 Å². The molecule has 1 unspecified atom stereocenters. The molecule has 1 atom stereocenters. The minimum atomic E-state index is -0.773. The molecule has 9 heteroatoms. The van der Waals surface area contributed by atoms with E-state index in [0.717, 1.165) is 10.5 Å². The Balaban J connectivity index is 1.51. The maximum atomic E-state index is 13.2. The summed E-state index contributed by atoms with van der Waals surface area (Å²) in [4.78, 5) is 41.1. The number of hydrogen-bond acceptors (Lipinski definition) is 5. The van der Waals surface area contributed by atoms with Crippen LogP contribution in [0.3, 0.4) is 0 Å². The first-order valence-corrected chi connectivity index (χ1v) is 9.81. The van der Waals surface area contributed by atoms with Gasteiger partial charge in [-0.05, 0) is 23.3 Å². The zero-order valence-corrected chi connectivity index (χ0v) is 16.9. The van der Waals surface area contributed by atoms with Gasteiger partial charge in [-0.3, -0.25) is 19.4 Å². The number of carbonyl (C=O) groups is 3. The topological polar surface area (TPSA) is 85.0 Å². The number of rotatable bonds is 6. The standard InChI is InChI=1S/C22H22FN5O3/c1-26-13-18-20(25-26)21(30)28(12-16-7-9-17(23)10-8-16)22(31)27(18)14-19(29)24-11-15-5-3-2-4-6-15/h2-10,13,20,25H,11-12,14H2,1H3,(H,24,29). The van der Waals surface area contributed by atoms with Crippen LogP contribution in [0.25, 0.3) is 0 Å². The highest BCUT2D eigenvalue weighted by Gasteiger charge is 2.46. The van der Waals surface area contributed by atoms with Gasteiger partial charge in [0.1, 0.15) is 18.4 Å². The number of urea groups is 1. The van der Waals surface area contributed by atoms with E-state index in [1.807, 2.05) is 30.3 Å². The summed E-state index contributed by atoms with van der Waals surface area (Å²) in [5.74, 6) is -1.17. The lowest BCUT2D eigenvalue weighted by Crippen LogP contribution is -2.61. The average Bonchev–Trinajstić information content (AvgIpc) is 3.16. The van der Waals surface area contributed by atoms with Gasteiger partial charge in [-0.2, -0.15) is 0 Å². The van der Waals surface area contributed by atoms with E-state index >= 15 is 0 Å². The Morgan fingerprint density at radius 3 is 2.45 bits per heavy atom. The maximum Gasteiger partial charge on any atom is 0.331 e. The third-order valence-electron chi connectivity index (χ3n) is 5.13. The van der Waals surface area contributed by atoms with Gasteiger partial charge in [0.25, 0.3) is 5.91 Å². The van der Waals surface area contributed by atoms with Crippen LogP contribution in [0.5, 0.6) is 0 Å². The summed E-state index contributed by atoms with van der Waals surface area (Å²) in [6.45, 7) is 0.0898. The monoisotopic (exact) mass is 423 g/mol. The van der Waals surface area contributed by atoms with E-state index < -0.39 is 23.8 Å². The van der Waals surface area contributed by atoms with Crippen LogP contribution in [-0.2, 0) is 22.7 Å². The molecule has 0 bridgehead atoms. The number of carbonyl (C=O) groups excluding carboxylic acids is 3. The van der Waals surface area contributed by atoms with E-state index in [-0.39, 0.29) is 19.0 Å². The zero-order valence-electron chi connectivity index (χ0n) is 16.9. The van der Waals surface area contributed by atoms with E-state index in [2.05, 4.69) is 10.7 Å². The Bertz CT molecular complexity index is 1030. The number of nitrogens with one attached hydrogen (secondary N) is 2. The van der Waals surface area contributed by atoms with Crippen LogP contribution in [0.1, 0.15) is 11.1 Å². The largest absolute Gasteiger partial charge is 0.350 e. The Morgan fingerprint density at radius 2 is 1.74 bits per heavy atom. The first-order chi connectivity index (χ1) is 14.9. The third kappa shape index (κ3) is 4.41. The second kappa shape index (κ2) is 8.57. The molecule has 0 saturated carbocycles. The van der Waals surface area contributed by atoms with Crippen molar-refractivity contribution in [3.8, 4) is 0 Å². The van der Waals surface area contributed by atoms with E-state index in [1.165, 1.54) is 29.2 Å². The molecule has 160 valence electrons. The SMILES string of the molecule is CN1C=C2C(N1)C(=O)N(Cc1ccc(F)cc1)C(=O)N2CC(=O)NCc1ccccc1. The molecule has 2 heterocycles. The Labute approximate surface area is 178 Å². The number of hydrogen-bond donors (Lipinski definition) is 2. The quantitative estimate of drug-likeness (QED) is 0.737. The van der Waals surface area contributed by atoms with Gasteiger partial charge in [0, 0.05) is 19.8 Å². The van der Waals surface area contributed by atoms with E-state index in [1.54, 1.807) is 18.3 Å². The molecule has 2 aromatic carbocycles. The predicted octanol–water partition coefficient (Wildman–Crippen LogP) is 1.57. The molecule has 2 aliphatic rings. The summed E-state index contributed by atoms with van der Waals surface area (Å²) in [5, 5.41) is 4.39. The van der Waals surface area contributed by atoms with Crippen LogP contribution in [0.4, 0.5) is 9.18 Å². The van der Waals surface area contributed by atoms with Crippen molar-refractivity contribution in [2.75, 3.05) is 13.6 Å². The van der Waals surface area contributed by atoms with E-state index in [0.29, 0.717) is 17.8 Å². The highest BCUT2D eigenvalue weighted by Crippen LogP contribution is 2.26. The summed E-state index contributed by atoms with van der Waals surface area (Å²) < 4.78 is 13.2. The zero-order chi connectivity index (χ0) is 22.0. The molecule has 8 nitrogen and oxygen atoms in total. The minimum Gasteiger partial charge on any atom is -0.350 e. The molecule has 2 aromatic rings. The van der Waals surface area contributed by atoms with Crippen molar-refractivity contribution in [3.05, 3.63) is 83.4 Å². The fourth-order valence-electron chi connectivity index (χ4n) is 3.57. The Morgan fingerprint density at radius 1 is 1.03 bits per heavy atom. The molecule has 0 aromatic heterocycles. The number of halogens is 1. The molecule has 4 amide bonds. The van der Waals surface area contributed by atoms with Gasteiger partial charge in [-0.15, -0.1) is 0 Å². The van der Waals surface area contributed by atoms with Crippen LogP contribution in [0.2, 0.25) is 0 Å². The van der Waals surface area contributed by atoms with Crippen LogP contribution in [0, 0.1) is 5.82 Å². The molecular weight excluding hydrogens is 401 g/mol. The molecule has 1 fully saturated rings. The van der Waals surface area contributed by atoms with Crippen molar-refractivity contribution < 1.29 is 18.8 Å². The van der Waals surface area contributed by atoms with Crippen molar-refractivity contribution in [2.45, 2.75) is 19.1 Å². The molecule has 0 aliphatic carbocycles. The maximum absolute atomic E-state index is 13.2. The molecule has 1 saturated heterocycles. The van der Waals surface area contributed by atoms with Crippen LogP contribution < -0.4 is 10.7 Å². The summed E-state index contributed by atoms with van der Waals surface area (Å²) in [6, 6.07) is 13.7. The van der Waals surface area contributed by atoms with Crippen LogP contribution in [-0.4, -0.2) is 52.3 Å². The van der Waals surface area contributed by atoms with Crippen LogP contribution in [0.15, 0.2) is 66.5 Å². The number of benzene rings is 2. The highest BCUT2D eigenvalue weighted by molar-refractivity contribution is 6.04. The number of fused-ring (bicyclic) bond motifs is 1. The fourth-order valence-corrected chi connectivity index (χ4v) is 3.57. The lowest BCUT2D eigenvalue weighted by atomic mass is 10.1. The first kappa shape index (κ1) is 20.5. The van der Waals surface area contributed by atoms with Crippen molar-refractivity contribution in [1.82, 2.24) is 25.6 Å². The van der Waals surface area contributed by atoms with Gasteiger partial charge in [0.2, 0.25) is 5.91 Å². The normalized spacial score (nSPS) is 18.2. The van der Waals surface area contributed by atoms with Crippen molar-refractivity contribution in [3.63, 3.8) is 0 Å². The fraction of sp³-hybridized carbons (Fsp3) is 0.227. The van der Waals surface area contributed by atoms with Crippen molar-refractivity contribution in [2.24, 2.45) is 0 Å². The second-order valence-electron chi connectivity index (χ2n) is 7.41. The number of imide groups is 1. The molecule has 2 N–H and O–H groups in total. The molecule has 31 heavy (non-hydrogen) atoms. The smallest absolute Gasteiger partial charge is 0.331 e. The Hall–Kier alpha value is -3.72. The van der Waals surface area contributed by atoms with Gasteiger partial charge in [-0.25, -0.2) is 14.6 Å². The van der Waals surface area contributed by atoms with Gasteiger partial charge < -0.3 is 10.3 Å². The van der Waals surface area contributed by atoms with Gasteiger partial charge in [0.05, 0.1) is 12.2 Å².